The Kier molecular flexibility index (Phi) is 4.24. The Labute approximate surface area is 96.4 Å². The fourth-order valence-electron chi connectivity index (χ4n) is 1.62. The van der Waals surface area contributed by atoms with Crippen LogP contribution in [-0.4, -0.2) is 26.2 Å². The van der Waals surface area contributed by atoms with Gasteiger partial charge in [-0.15, -0.1) is 0 Å². The van der Waals surface area contributed by atoms with E-state index in [0.29, 0.717) is 6.42 Å². The van der Waals surface area contributed by atoms with E-state index in [1.807, 2.05) is 30.3 Å². The summed E-state index contributed by atoms with van der Waals surface area (Å²) in [6, 6.07) is 9.29. The minimum atomic E-state index is -3.01. The SMILES string of the molecule is CC(=O)C(CCS(C)(=O)=O)c1ccccc1. The molecule has 0 bridgehead atoms. The average molecular weight is 240 g/mol. The fourth-order valence-corrected chi connectivity index (χ4v) is 2.29. The Morgan fingerprint density at radius 2 is 1.81 bits per heavy atom. The summed E-state index contributed by atoms with van der Waals surface area (Å²) >= 11 is 0. The van der Waals surface area contributed by atoms with E-state index in [1.165, 1.54) is 13.2 Å². The number of ketones is 1. The lowest BCUT2D eigenvalue weighted by Crippen LogP contribution is -2.14. The van der Waals surface area contributed by atoms with E-state index < -0.39 is 9.84 Å². The Bertz CT molecular complexity index is 448. The molecule has 0 aliphatic heterocycles. The first-order chi connectivity index (χ1) is 7.40. The number of benzene rings is 1. The monoisotopic (exact) mass is 240 g/mol. The maximum absolute atomic E-state index is 11.5. The first-order valence-corrected chi connectivity index (χ1v) is 7.19. The number of rotatable bonds is 5. The van der Waals surface area contributed by atoms with Gasteiger partial charge in [0, 0.05) is 12.2 Å². The molecule has 1 atom stereocenters. The van der Waals surface area contributed by atoms with Crippen LogP contribution in [0.5, 0.6) is 0 Å². The lowest BCUT2D eigenvalue weighted by atomic mass is 9.93. The molecule has 0 spiro atoms. The highest BCUT2D eigenvalue weighted by Gasteiger charge is 2.18. The van der Waals surface area contributed by atoms with Gasteiger partial charge in [0.1, 0.15) is 15.6 Å². The Morgan fingerprint density at radius 3 is 2.25 bits per heavy atom. The molecule has 0 saturated heterocycles. The van der Waals surface area contributed by atoms with E-state index in [0.717, 1.165) is 5.56 Å². The van der Waals surface area contributed by atoms with Crippen LogP contribution in [0.3, 0.4) is 0 Å². The van der Waals surface area contributed by atoms with Crippen LogP contribution in [0.1, 0.15) is 24.8 Å². The van der Waals surface area contributed by atoms with E-state index in [2.05, 4.69) is 0 Å². The van der Waals surface area contributed by atoms with Crippen molar-refractivity contribution >= 4 is 15.6 Å². The van der Waals surface area contributed by atoms with Crippen molar-refractivity contribution in [2.45, 2.75) is 19.3 Å². The highest BCUT2D eigenvalue weighted by Crippen LogP contribution is 2.21. The minimum absolute atomic E-state index is 0.00912. The third-order valence-corrected chi connectivity index (χ3v) is 3.45. The molecule has 0 fully saturated rings. The molecule has 0 radical (unpaired) electrons. The standard InChI is InChI=1S/C12H16O3S/c1-10(13)12(8-9-16(2,14)15)11-6-4-3-5-7-11/h3-7,12H,8-9H2,1-2H3. The maximum Gasteiger partial charge on any atom is 0.147 e. The summed E-state index contributed by atoms with van der Waals surface area (Å²) in [5.74, 6) is -0.252. The van der Waals surface area contributed by atoms with Gasteiger partial charge in [-0.25, -0.2) is 8.42 Å². The number of carbonyl (C=O) groups excluding carboxylic acids is 1. The Balaban J connectivity index is 2.81. The molecule has 0 saturated carbocycles. The van der Waals surface area contributed by atoms with Crippen LogP contribution < -0.4 is 0 Å². The Hall–Kier alpha value is -1.16. The van der Waals surface area contributed by atoms with Crippen molar-refractivity contribution in [3.8, 4) is 0 Å². The summed E-state index contributed by atoms with van der Waals surface area (Å²) in [7, 11) is -3.01. The molecular weight excluding hydrogens is 224 g/mol. The Morgan fingerprint density at radius 1 is 1.25 bits per heavy atom. The van der Waals surface area contributed by atoms with Gasteiger partial charge in [-0.3, -0.25) is 4.79 Å². The van der Waals surface area contributed by atoms with Crippen molar-refractivity contribution in [2.24, 2.45) is 0 Å². The number of hydrogen-bond acceptors (Lipinski definition) is 3. The minimum Gasteiger partial charge on any atom is -0.299 e. The summed E-state index contributed by atoms with van der Waals surface area (Å²) in [4.78, 5) is 11.5. The summed E-state index contributed by atoms with van der Waals surface area (Å²) in [6.45, 7) is 1.50. The molecule has 0 heterocycles. The molecule has 0 N–H and O–H groups in total. The number of sulfone groups is 1. The van der Waals surface area contributed by atoms with Gasteiger partial charge in [-0.2, -0.15) is 0 Å². The van der Waals surface area contributed by atoms with Crippen molar-refractivity contribution in [3.05, 3.63) is 35.9 Å². The smallest absolute Gasteiger partial charge is 0.147 e. The molecule has 16 heavy (non-hydrogen) atoms. The van der Waals surface area contributed by atoms with Gasteiger partial charge in [-0.05, 0) is 18.9 Å². The molecule has 1 unspecified atom stereocenters. The second-order valence-corrected chi connectivity index (χ2v) is 6.25. The summed E-state index contributed by atoms with van der Waals surface area (Å²) in [5, 5.41) is 0. The topological polar surface area (TPSA) is 51.2 Å². The predicted octanol–water partition coefficient (Wildman–Crippen LogP) is 1.79. The van der Waals surface area contributed by atoms with Gasteiger partial charge in [-0.1, -0.05) is 30.3 Å². The molecule has 4 heteroatoms. The van der Waals surface area contributed by atoms with Crippen molar-refractivity contribution < 1.29 is 13.2 Å². The van der Waals surface area contributed by atoms with E-state index >= 15 is 0 Å². The first kappa shape index (κ1) is 12.9. The van der Waals surface area contributed by atoms with Crippen molar-refractivity contribution in [3.63, 3.8) is 0 Å². The molecule has 0 aromatic heterocycles. The van der Waals surface area contributed by atoms with Crippen LogP contribution in [0, 0.1) is 0 Å². The quantitative estimate of drug-likeness (QED) is 0.788. The number of carbonyl (C=O) groups is 1. The van der Waals surface area contributed by atoms with Crippen LogP contribution in [0.25, 0.3) is 0 Å². The molecule has 3 nitrogen and oxygen atoms in total. The van der Waals surface area contributed by atoms with Crippen molar-refractivity contribution in [1.29, 1.82) is 0 Å². The van der Waals surface area contributed by atoms with Gasteiger partial charge >= 0.3 is 0 Å². The highest BCUT2D eigenvalue weighted by molar-refractivity contribution is 7.90. The molecule has 0 aliphatic rings. The maximum atomic E-state index is 11.5. The van der Waals surface area contributed by atoms with E-state index in [1.54, 1.807) is 0 Å². The van der Waals surface area contributed by atoms with Gasteiger partial charge < -0.3 is 0 Å². The zero-order chi connectivity index (χ0) is 12.2. The largest absolute Gasteiger partial charge is 0.299 e. The third kappa shape index (κ3) is 4.14. The molecule has 0 amide bonds. The van der Waals surface area contributed by atoms with Gasteiger partial charge in [0.25, 0.3) is 0 Å². The molecule has 0 aliphatic carbocycles. The van der Waals surface area contributed by atoms with Crippen LogP contribution in [-0.2, 0) is 14.6 Å². The fraction of sp³-hybridized carbons (Fsp3) is 0.417. The molecule has 1 aromatic carbocycles. The van der Waals surface area contributed by atoms with Crippen LogP contribution in [0.4, 0.5) is 0 Å². The van der Waals surface area contributed by atoms with Crippen LogP contribution in [0.2, 0.25) is 0 Å². The van der Waals surface area contributed by atoms with Gasteiger partial charge in [0.2, 0.25) is 0 Å². The lowest BCUT2D eigenvalue weighted by molar-refractivity contribution is -0.118. The highest BCUT2D eigenvalue weighted by atomic mass is 32.2. The second-order valence-electron chi connectivity index (χ2n) is 3.99. The zero-order valence-corrected chi connectivity index (χ0v) is 10.3. The van der Waals surface area contributed by atoms with E-state index in [4.69, 9.17) is 0 Å². The summed E-state index contributed by atoms with van der Waals surface area (Å²) in [5.41, 5.74) is 0.888. The zero-order valence-electron chi connectivity index (χ0n) is 9.51. The normalized spacial score (nSPS) is 13.4. The molecule has 1 rings (SSSR count). The second kappa shape index (κ2) is 5.25. The summed E-state index contributed by atoms with van der Waals surface area (Å²) in [6.07, 6.45) is 1.55. The first-order valence-electron chi connectivity index (χ1n) is 5.13. The third-order valence-electron chi connectivity index (χ3n) is 2.47. The van der Waals surface area contributed by atoms with Crippen molar-refractivity contribution in [2.75, 3.05) is 12.0 Å². The number of hydrogen-bond donors (Lipinski definition) is 0. The lowest BCUT2D eigenvalue weighted by Gasteiger charge is -2.13. The van der Waals surface area contributed by atoms with Gasteiger partial charge in [0.05, 0.1) is 5.75 Å². The van der Waals surface area contributed by atoms with E-state index in [9.17, 15) is 13.2 Å². The summed E-state index contributed by atoms with van der Waals surface area (Å²) < 4.78 is 22.2. The molecule has 1 aromatic rings. The van der Waals surface area contributed by atoms with Crippen LogP contribution >= 0.6 is 0 Å². The average Bonchev–Trinajstić information content (AvgIpc) is 2.17. The van der Waals surface area contributed by atoms with Gasteiger partial charge in [0.15, 0.2) is 0 Å². The molecular formula is C12H16O3S. The van der Waals surface area contributed by atoms with Crippen molar-refractivity contribution in [1.82, 2.24) is 0 Å². The predicted molar refractivity (Wildman–Crippen MR) is 64.2 cm³/mol. The number of Topliss-reactive ketones (excluding diaryl/α,β-unsaturated/α-hetero) is 1. The van der Waals surface area contributed by atoms with E-state index in [-0.39, 0.29) is 17.5 Å². The van der Waals surface area contributed by atoms with Crippen LogP contribution in [0.15, 0.2) is 30.3 Å². The molecule has 88 valence electrons.